The van der Waals surface area contributed by atoms with Gasteiger partial charge in [-0.15, -0.1) is 0 Å². The van der Waals surface area contributed by atoms with Gasteiger partial charge in [-0.25, -0.2) is 0 Å². The first-order valence-corrected chi connectivity index (χ1v) is 5.54. The molecule has 0 amide bonds. The topological polar surface area (TPSA) is 0 Å². The van der Waals surface area contributed by atoms with Gasteiger partial charge in [0.05, 0.1) is 0 Å². The van der Waals surface area contributed by atoms with Crippen molar-refractivity contribution in [1.82, 2.24) is 0 Å². The van der Waals surface area contributed by atoms with Gasteiger partial charge in [-0.05, 0) is 47.9 Å². The van der Waals surface area contributed by atoms with Gasteiger partial charge in [0.1, 0.15) is 0 Å². The van der Waals surface area contributed by atoms with Gasteiger partial charge in [-0.1, -0.05) is 39.8 Å². The lowest BCUT2D eigenvalue weighted by molar-refractivity contribution is 0.820. The summed E-state index contributed by atoms with van der Waals surface area (Å²) in [5.74, 6) is 1.26. The summed E-state index contributed by atoms with van der Waals surface area (Å²) in [5, 5.41) is 0. The highest BCUT2D eigenvalue weighted by Gasteiger charge is 2.09. The summed E-state index contributed by atoms with van der Waals surface area (Å²) in [7, 11) is 0. The Morgan fingerprint density at radius 2 is 1.07 bits per heavy atom. The molecule has 0 aliphatic carbocycles. The maximum atomic E-state index is 2.39. The fourth-order valence-corrected chi connectivity index (χ4v) is 2.13. The van der Waals surface area contributed by atoms with Crippen LogP contribution in [0.5, 0.6) is 0 Å². The average Bonchev–Trinajstić information content (AvgIpc) is 2.02. The Morgan fingerprint density at radius 1 is 0.714 bits per heavy atom. The van der Waals surface area contributed by atoms with Crippen molar-refractivity contribution in [3.05, 3.63) is 34.4 Å². The third kappa shape index (κ3) is 2.17. The summed E-state index contributed by atoms with van der Waals surface area (Å²) in [4.78, 5) is 0. The highest BCUT2D eigenvalue weighted by molar-refractivity contribution is 5.40. The molecule has 0 nitrogen and oxygen atoms in total. The molecule has 0 aromatic heterocycles. The van der Waals surface area contributed by atoms with Crippen LogP contribution in [0.2, 0.25) is 0 Å². The minimum Gasteiger partial charge on any atom is -0.0587 e. The average molecular weight is 190 g/mol. The van der Waals surface area contributed by atoms with Gasteiger partial charge < -0.3 is 0 Å². The van der Waals surface area contributed by atoms with Crippen LogP contribution in [0.15, 0.2) is 12.1 Å². The van der Waals surface area contributed by atoms with E-state index in [2.05, 4.69) is 53.7 Å². The first-order chi connectivity index (χ1) is 6.43. The molecule has 78 valence electrons. The van der Waals surface area contributed by atoms with E-state index in [4.69, 9.17) is 0 Å². The normalized spacial score (nSPS) is 11.4. The minimum absolute atomic E-state index is 0.632. The van der Waals surface area contributed by atoms with Crippen molar-refractivity contribution >= 4 is 0 Å². The maximum absolute atomic E-state index is 2.39. The van der Waals surface area contributed by atoms with Crippen LogP contribution in [-0.2, 0) is 0 Å². The van der Waals surface area contributed by atoms with E-state index >= 15 is 0 Å². The van der Waals surface area contributed by atoms with Crippen molar-refractivity contribution < 1.29 is 0 Å². The van der Waals surface area contributed by atoms with E-state index in [-0.39, 0.29) is 0 Å². The molecule has 0 heterocycles. The van der Waals surface area contributed by atoms with E-state index in [0.717, 1.165) is 0 Å². The molecule has 0 unspecified atom stereocenters. The van der Waals surface area contributed by atoms with Crippen LogP contribution in [0.1, 0.15) is 61.8 Å². The Balaban J connectivity index is 3.27. The van der Waals surface area contributed by atoms with Gasteiger partial charge in [0.15, 0.2) is 0 Å². The summed E-state index contributed by atoms with van der Waals surface area (Å²) in [6.45, 7) is 13.5. The lowest BCUT2D eigenvalue weighted by Gasteiger charge is -2.16. The van der Waals surface area contributed by atoms with Crippen molar-refractivity contribution in [3.63, 3.8) is 0 Å². The fraction of sp³-hybridized carbons (Fsp3) is 0.571. The molecule has 0 fully saturated rings. The number of rotatable bonds is 2. The second-order valence-corrected chi connectivity index (χ2v) is 4.87. The van der Waals surface area contributed by atoms with Gasteiger partial charge in [0, 0.05) is 0 Å². The van der Waals surface area contributed by atoms with Crippen LogP contribution < -0.4 is 0 Å². The Bertz CT molecular complexity index is 290. The Hall–Kier alpha value is -0.780. The molecule has 0 aliphatic rings. The first kappa shape index (κ1) is 11.3. The summed E-state index contributed by atoms with van der Waals surface area (Å²) < 4.78 is 0. The molecule has 0 heteroatoms. The standard InChI is InChI=1S/C14H22/c1-9(2)13-8-14(10(3)4)12(6)7-11(13)5/h7-10H,1-6H3. The molecule has 1 aromatic carbocycles. The number of hydrogen-bond donors (Lipinski definition) is 0. The zero-order valence-corrected chi connectivity index (χ0v) is 10.3. The Labute approximate surface area is 88.4 Å². The molecule has 0 radical (unpaired) electrons. The van der Waals surface area contributed by atoms with E-state index in [0.29, 0.717) is 11.8 Å². The molecule has 0 saturated carbocycles. The highest BCUT2D eigenvalue weighted by Crippen LogP contribution is 2.27. The van der Waals surface area contributed by atoms with E-state index < -0.39 is 0 Å². The molecule has 0 aliphatic heterocycles. The smallest absolute Gasteiger partial charge is 0.0216 e. The first-order valence-electron chi connectivity index (χ1n) is 5.54. The highest BCUT2D eigenvalue weighted by atomic mass is 14.1. The number of hydrogen-bond acceptors (Lipinski definition) is 0. The molecule has 0 atom stereocenters. The molecule has 14 heavy (non-hydrogen) atoms. The van der Waals surface area contributed by atoms with Crippen LogP contribution in [0.25, 0.3) is 0 Å². The second kappa shape index (κ2) is 4.16. The number of benzene rings is 1. The van der Waals surface area contributed by atoms with E-state index in [9.17, 15) is 0 Å². The Morgan fingerprint density at radius 3 is 1.36 bits per heavy atom. The van der Waals surface area contributed by atoms with Crippen molar-refractivity contribution in [2.24, 2.45) is 0 Å². The van der Waals surface area contributed by atoms with E-state index in [1.54, 1.807) is 0 Å². The molecule has 0 saturated heterocycles. The van der Waals surface area contributed by atoms with Crippen LogP contribution in [0, 0.1) is 13.8 Å². The van der Waals surface area contributed by atoms with Gasteiger partial charge in [0.2, 0.25) is 0 Å². The molecule has 1 rings (SSSR count). The lowest BCUT2D eigenvalue weighted by Crippen LogP contribution is -1.99. The molecular formula is C14H22. The van der Waals surface area contributed by atoms with Crippen LogP contribution >= 0.6 is 0 Å². The summed E-state index contributed by atoms with van der Waals surface area (Å²) in [5.41, 5.74) is 5.86. The molecule has 0 spiro atoms. The van der Waals surface area contributed by atoms with Crippen LogP contribution in [-0.4, -0.2) is 0 Å². The molecule has 1 aromatic rings. The monoisotopic (exact) mass is 190 g/mol. The predicted octanol–water partition coefficient (Wildman–Crippen LogP) is 4.55. The van der Waals surface area contributed by atoms with Gasteiger partial charge in [0.25, 0.3) is 0 Å². The molecular weight excluding hydrogens is 168 g/mol. The molecule has 0 N–H and O–H groups in total. The van der Waals surface area contributed by atoms with Crippen molar-refractivity contribution in [1.29, 1.82) is 0 Å². The third-order valence-corrected chi connectivity index (χ3v) is 2.90. The second-order valence-electron chi connectivity index (χ2n) is 4.87. The van der Waals surface area contributed by atoms with Crippen molar-refractivity contribution in [3.8, 4) is 0 Å². The SMILES string of the molecule is Cc1cc(C)c(C(C)C)cc1C(C)C. The van der Waals surface area contributed by atoms with Crippen LogP contribution in [0.4, 0.5) is 0 Å². The van der Waals surface area contributed by atoms with Gasteiger partial charge in [-0.3, -0.25) is 0 Å². The fourth-order valence-electron chi connectivity index (χ4n) is 2.13. The summed E-state index contributed by atoms with van der Waals surface area (Å²) >= 11 is 0. The minimum atomic E-state index is 0.632. The largest absolute Gasteiger partial charge is 0.0587 e. The van der Waals surface area contributed by atoms with E-state index in [1.807, 2.05) is 0 Å². The lowest BCUT2D eigenvalue weighted by atomic mass is 9.89. The quantitative estimate of drug-likeness (QED) is 0.641. The Kier molecular flexibility index (Phi) is 3.36. The van der Waals surface area contributed by atoms with Crippen LogP contribution in [0.3, 0.4) is 0 Å². The summed E-state index contributed by atoms with van der Waals surface area (Å²) in [6.07, 6.45) is 0. The summed E-state index contributed by atoms with van der Waals surface area (Å²) in [6, 6.07) is 4.71. The zero-order valence-electron chi connectivity index (χ0n) is 10.3. The number of aryl methyl sites for hydroxylation is 2. The predicted molar refractivity (Wildman–Crippen MR) is 64.1 cm³/mol. The van der Waals surface area contributed by atoms with Crippen molar-refractivity contribution in [2.75, 3.05) is 0 Å². The van der Waals surface area contributed by atoms with Gasteiger partial charge in [-0.2, -0.15) is 0 Å². The third-order valence-electron chi connectivity index (χ3n) is 2.90. The van der Waals surface area contributed by atoms with E-state index in [1.165, 1.54) is 22.3 Å². The van der Waals surface area contributed by atoms with Crippen molar-refractivity contribution in [2.45, 2.75) is 53.4 Å². The maximum Gasteiger partial charge on any atom is -0.0216 e. The zero-order chi connectivity index (χ0) is 10.9. The van der Waals surface area contributed by atoms with Gasteiger partial charge >= 0.3 is 0 Å². The molecule has 0 bridgehead atoms.